The van der Waals surface area contributed by atoms with Gasteiger partial charge in [-0.1, -0.05) is 42.1 Å². The zero-order valence-electron chi connectivity index (χ0n) is 17.7. The Morgan fingerprint density at radius 1 is 1.06 bits per heavy atom. The molecule has 1 aliphatic heterocycles. The Morgan fingerprint density at radius 3 is 2.61 bits per heavy atom. The van der Waals surface area contributed by atoms with Crippen molar-refractivity contribution in [2.24, 2.45) is 0 Å². The van der Waals surface area contributed by atoms with Crippen molar-refractivity contribution in [3.8, 4) is 17.6 Å². The van der Waals surface area contributed by atoms with E-state index in [4.69, 9.17) is 14.2 Å². The Kier molecular flexibility index (Phi) is 6.81. The number of hydrogen-bond acceptors (Lipinski definition) is 7. The smallest absolute Gasteiger partial charge is 0.340 e. The first-order valence-electron chi connectivity index (χ1n) is 10.2. The third-order valence-corrected chi connectivity index (χ3v) is 6.04. The summed E-state index contributed by atoms with van der Waals surface area (Å²) < 4.78 is 16.0. The van der Waals surface area contributed by atoms with E-state index in [-0.39, 0.29) is 13.3 Å². The molecule has 0 saturated heterocycles. The highest BCUT2D eigenvalue weighted by Gasteiger charge is 2.22. The van der Waals surface area contributed by atoms with Gasteiger partial charge in [0, 0.05) is 16.3 Å². The number of hydrogen-bond donors (Lipinski definition) is 1. The maximum Gasteiger partial charge on any atom is 0.340 e. The number of amides is 1. The van der Waals surface area contributed by atoms with E-state index in [1.54, 1.807) is 48.5 Å². The Labute approximate surface area is 195 Å². The van der Waals surface area contributed by atoms with Crippen molar-refractivity contribution in [3.05, 3.63) is 83.4 Å². The molecule has 0 aromatic heterocycles. The summed E-state index contributed by atoms with van der Waals surface area (Å²) in [5.41, 5.74) is 1.68. The number of carbonyl (C=O) groups is 2. The van der Waals surface area contributed by atoms with Crippen LogP contribution in [0.15, 0.2) is 76.5 Å². The third kappa shape index (κ3) is 5.27. The molecule has 8 heteroatoms. The number of nitrogens with one attached hydrogen (secondary N) is 1. The van der Waals surface area contributed by atoms with Gasteiger partial charge in [0.05, 0.1) is 11.1 Å². The lowest BCUT2D eigenvalue weighted by Gasteiger charge is -2.15. The van der Waals surface area contributed by atoms with Crippen LogP contribution in [0.5, 0.6) is 11.5 Å². The topological polar surface area (TPSA) is 97.7 Å². The van der Waals surface area contributed by atoms with E-state index in [9.17, 15) is 14.9 Å². The summed E-state index contributed by atoms with van der Waals surface area (Å²) in [5, 5.41) is 12.1. The minimum absolute atomic E-state index is 0.181. The van der Waals surface area contributed by atoms with Crippen LogP contribution in [0.2, 0.25) is 0 Å². The normalized spacial score (nSPS) is 12.5. The molecule has 1 N–H and O–H groups in total. The number of nitrogens with zero attached hydrogens (tertiary/aromatic N) is 1. The van der Waals surface area contributed by atoms with Gasteiger partial charge in [-0.05, 0) is 48.9 Å². The van der Waals surface area contributed by atoms with Crippen molar-refractivity contribution in [2.45, 2.75) is 29.4 Å². The van der Waals surface area contributed by atoms with E-state index in [0.29, 0.717) is 27.5 Å². The Balaban J connectivity index is 1.38. The SMILES string of the molecule is C[C@@H](OC(=O)c1ccccc1Sc1ccccc1C#N)C(=O)NCc1ccc2c(c1)OCO2. The zero-order chi connectivity index (χ0) is 23.2. The molecular formula is C25H20N2O5S. The molecule has 3 aromatic carbocycles. The average Bonchev–Trinajstić information content (AvgIpc) is 3.31. The van der Waals surface area contributed by atoms with Gasteiger partial charge >= 0.3 is 5.97 Å². The molecule has 1 amide bonds. The van der Waals surface area contributed by atoms with Gasteiger partial charge in [-0.2, -0.15) is 5.26 Å². The second-order valence-corrected chi connectivity index (χ2v) is 8.24. The Hall–Kier alpha value is -3.96. The summed E-state index contributed by atoms with van der Waals surface area (Å²) in [4.78, 5) is 26.7. The van der Waals surface area contributed by atoms with Crippen LogP contribution in [-0.4, -0.2) is 24.8 Å². The van der Waals surface area contributed by atoms with Gasteiger partial charge in [0.2, 0.25) is 6.79 Å². The van der Waals surface area contributed by atoms with E-state index in [0.717, 1.165) is 10.5 Å². The lowest BCUT2D eigenvalue weighted by Crippen LogP contribution is -2.35. The fraction of sp³-hybridized carbons (Fsp3) is 0.160. The van der Waals surface area contributed by atoms with Crippen LogP contribution >= 0.6 is 11.8 Å². The maximum absolute atomic E-state index is 12.8. The second kappa shape index (κ2) is 10.1. The van der Waals surface area contributed by atoms with Crippen LogP contribution in [0.3, 0.4) is 0 Å². The van der Waals surface area contributed by atoms with E-state index in [1.165, 1.54) is 18.7 Å². The first-order valence-corrected chi connectivity index (χ1v) is 11.0. The highest BCUT2D eigenvalue weighted by atomic mass is 32.2. The summed E-state index contributed by atoms with van der Waals surface area (Å²) in [7, 11) is 0. The second-order valence-electron chi connectivity index (χ2n) is 7.16. The van der Waals surface area contributed by atoms with Crippen molar-refractivity contribution < 1.29 is 23.8 Å². The molecule has 1 atom stereocenters. The van der Waals surface area contributed by atoms with Crippen molar-refractivity contribution in [2.75, 3.05) is 6.79 Å². The molecule has 166 valence electrons. The van der Waals surface area contributed by atoms with Crippen molar-refractivity contribution >= 4 is 23.6 Å². The van der Waals surface area contributed by atoms with Crippen molar-refractivity contribution in [1.82, 2.24) is 5.32 Å². The number of rotatable bonds is 7. The minimum atomic E-state index is -0.990. The highest BCUT2D eigenvalue weighted by molar-refractivity contribution is 7.99. The Morgan fingerprint density at radius 2 is 1.79 bits per heavy atom. The van der Waals surface area contributed by atoms with E-state index >= 15 is 0 Å². The monoisotopic (exact) mass is 460 g/mol. The molecule has 0 radical (unpaired) electrons. The number of benzene rings is 3. The summed E-state index contributed by atoms with van der Waals surface area (Å²) in [6.07, 6.45) is -0.990. The molecular weight excluding hydrogens is 440 g/mol. The summed E-state index contributed by atoms with van der Waals surface area (Å²) in [5.74, 6) is 0.272. The molecule has 1 aliphatic rings. The number of nitriles is 1. The molecule has 4 rings (SSSR count). The standard InChI is InChI=1S/C25H20N2O5S/c1-16(24(28)27-14-17-10-11-20-21(12-17)31-15-30-20)32-25(29)19-7-3-5-9-23(19)33-22-8-4-2-6-18(22)13-26/h2-12,16H,14-15H2,1H3,(H,27,28)/t16-/m1/s1. The van der Waals surface area contributed by atoms with Crippen LogP contribution in [0.1, 0.15) is 28.4 Å². The van der Waals surface area contributed by atoms with Gasteiger partial charge in [-0.15, -0.1) is 0 Å². The fourth-order valence-corrected chi connectivity index (χ4v) is 4.17. The van der Waals surface area contributed by atoms with Crippen LogP contribution < -0.4 is 14.8 Å². The maximum atomic E-state index is 12.8. The molecule has 0 saturated carbocycles. The Bertz CT molecular complexity index is 1240. The zero-order valence-corrected chi connectivity index (χ0v) is 18.6. The number of fused-ring (bicyclic) bond motifs is 1. The quantitative estimate of drug-likeness (QED) is 0.525. The van der Waals surface area contributed by atoms with Gasteiger partial charge in [0.15, 0.2) is 17.6 Å². The predicted octanol–water partition coefficient (Wildman–Crippen LogP) is 4.30. The van der Waals surface area contributed by atoms with Gasteiger partial charge in [-0.3, -0.25) is 4.79 Å². The molecule has 3 aromatic rings. The highest BCUT2D eigenvalue weighted by Crippen LogP contribution is 2.33. The molecule has 33 heavy (non-hydrogen) atoms. The largest absolute Gasteiger partial charge is 0.454 e. The minimum Gasteiger partial charge on any atom is -0.454 e. The molecule has 0 fully saturated rings. The summed E-state index contributed by atoms with van der Waals surface area (Å²) in [6, 6.07) is 21.6. The number of esters is 1. The van der Waals surface area contributed by atoms with Crippen LogP contribution in [-0.2, 0) is 16.1 Å². The lowest BCUT2D eigenvalue weighted by molar-refractivity contribution is -0.129. The van der Waals surface area contributed by atoms with E-state index < -0.39 is 18.0 Å². The summed E-state index contributed by atoms with van der Waals surface area (Å²) in [6.45, 7) is 1.96. The predicted molar refractivity (Wildman–Crippen MR) is 121 cm³/mol. The molecule has 0 spiro atoms. The van der Waals surface area contributed by atoms with Gasteiger partial charge < -0.3 is 19.5 Å². The molecule has 0 bridgehead atoms. The van der Waals surface area contributed by atoms with E-state index in [1.807, 2.05) is 18.2 Å². The first kappa shape index (κ1) is 22.2. The molecule has 0 unspecified atom stereocenters. The van der Waals surface area contributed by atoms with Gasteiger partial charge in [-0.25, -0.2) is 4.79 Å². The number of carbonyl (C=O) groups excluding carboxylic acids is 2. The number of ether oxygens (including phenoxy) is 3. The van der Waals surface area contributed by atoms with Crippen molar-refractivity contribution in [3.63, 3.8) is 0 Å². The molecule has 0 aliphatic carbocycles. The van der Waals surface area contributed by atoms with Gasteiger partial charge in [0.1, 0.15) is 6.07 Å². The summed E-state index contributed by atoms with van der Waals surface area (Å²) >= 11 is 1.30. The average molecular weight is 461 g/mol. The van der Waals surface area contributed by atoms with Gasteiger partial charge in [0.25, 0.3) is 5.91 Å². The van der Waals surface area contributed by atoms with E-state index in [2.05, 4.69) is 11.4 Å². The molecule has 1 heterocycles. The fourth-order valence-electron chi connectivity index (χ4n) is 3.15. The van der Waals surface area contributed by atoms with Crippen LogP contribution in [0, 0.1) is 11.3 Å². The first-order chi connectivity index (χ1) is 16.0. The van der Waals surface area contributed by atoms with Crippen LogP contribution in [0.25, 0.3) is 0 Å². The van der Waals surface area contributed by atoms with Crippen LogP contribution in [0.4, 0.5) is 0 Å². The molecule has 7 nitrogen and oxygen atoms in total. The van der Waals surface area contributed by atoms with Crippen molar-refractivity contribution in [1.29, 1.82) is 5.26 Å². The lowest BCUT2D eigenvalue weighted by atomic mass is 10.2. The third-order valence-electron chi connectivity index (χ3n) is 4.89.